The summed E-state index contributed by atoms with van der Waals surface area (Å²) < 4.78 is 27.4. The molecule has 27 heavy (non-hydrogen) atoms. The molecule has 1 fully saturated rings. The van der Waals surface area contributed by atoms with Crippen LogP contribution in [0.25, 0.3) is 0 Å². The third-order valence-corrected chi connectivity index (χ3v) is 6.89. The Morgan fingerprint density at radius 2 is 1.63 bits per heavy atom. The lowest BCUT2D eigenvalue weighted by Crippen LogP contribution is -2.42. The van der Waals surface area contributed by atoms with Gasteiger partial charge < -0.3 is 5.32 Å². The molecule has 0 radical (unpaired) electrons. The van der Waals surface area contributed by atoms with Gasteiger partial charge in [-0.1, -0.05) is 37.6 Å². The van der Waals surface area contributed by atoms with Gasteiger partial charge in [0.15, 0.2) is 0 Å². The van der Waals surface area contributed by atoms with Crippen LogP contribution < -0.4 is 5.32 Å². The number of nitrogens with one attached hydrogen (secondary N) is 1. The van der Waals surface area contributed by atoms with Crippen LogP contribution in [0.2, 0.25) is 5.02 Å². The number of benzene rings is 2. The molecule has 2 aromatic rings. The Morgan fingerprint density at radius 3 is 2.22 bits per heavy atom. The first kappa shape index (κ1) is 19.9. The number of amides is 1. The van der Waals surface area contributed by atoms with Crippen molar-refractivity contribution < 1.29 is 13.2 Å². The van der Waals surface area contributed by atoms with E-state index >= 15 is 0 Å². The highest BCUT2D eigenvalue weighted by molar-refractivity contribution is 7.89. The lowest BCUT2D eigenvalue weighted by molar-refractivity contribution is 0.102. The van der Waals surface area contributed by atoms with Crippen LogP contribution >= 0.6 is 11.6 Å². The third-order valence-electron chi connectivity index (χ3n) is 4.71. The number of carbonyl (C=O) groups excluding carboxylic acids is 1. The second-order valence-corrected chi connectivity index (χ2v) is 9.57. The Balaban J connectivity index is 1.76. The van der Waals surface area contributed by atoms with Crippen LogP contribution in [0.5, 0.6) is 0 Å². The molecule has 2 atom stereocenters. The van der Waals surface area contributed by atoms with Gasteiger partial charge in [0.05, 0.1) is 15.6 Å². The first-order valence-corrected chi connectivity index (χ1v) is 10.8. The van der Waals surface area contributed by atoms with Gasteiger partial charge >= 0.3 is 0 Å². The minimum atomic E-state index is -3.56. The number of halogens is 1. The Kier molecular flexibility index (Phi) is 5.89. The van der Waals surface area contributed by atoms with Crippen molar-refractivity contribution in [2.24, 2.45) is 11.8 Å². The van der Waals surface area contributed by atoms with E-state index in [1.54, 1.807) is 28.6 Å². The molecule has 0 aliphatic carbocycles. The molecule has 1 N–H and O–H groups in total. The SMILES string of the molecule is CC1CC(C)CN(S(=O)(=O)c2ccc(C(=O)Nc3ccccc3Cl)cc2)C1. The van der Waals surface area contributed by atoms with Gasteiger partial charge in [0.2, 0.25) is 10.0 Å². The maximum Gasteiger partial charge on any atom is 0.255 e. The molecular weight excluding hydrogens is 384 g/mol. The van der Waals surface area contributed by atoms with Gasteiger partial charge in [-0.2, -0.15) is 4.31 Å². The molecule has 0 saturated carbocycles. The van der Waals surface area contributed by atoms with Gasteiger partial charge in [-0.15, -0.1) is 0 Å². The summed E-state index contributed by atoms with van der Waals surface area (Å²) in [5.41, 5.74) is 0.881. The van der Waals surface area contributed by atoms with Gasteiger partial charge in [-0.05, 0) is 54.7 Å². The standard InChI is InChI=1S/C20H23ClN2O3S/c1-14-11-15(2)13-23(12-14)27(25,26)17-9-7-16(8-10-17)20(24)22-19-6-4-3-5-18(19)21/h3-10,14-15H,11-13H2,1-2H3,(H,22,24). The van der Waals surface area contributed by atoms with Gasteiger partial charge in [-0.25, -0.2) is 8.42 Å². The van der Waals surface area contributed by atoms with E-state index in [0.29, 0.717) is 41.2 Å². The van der Waals surface area contributed by atoms with Gasteiger partial charge in [0.1, 0.15) is 0 Å². The molecule has 5 nitrogen and oxygen atoms in total. The number of nitrogens with zero attached hydrogens (tertiary/aromatic N) is 1. The molecule has 1 amide bonds. The van der Waals surface area contributed by atoms with E-state index in [1.165, 1.54) is 24.3 Å². The number of hydrogen-bond acceptors (Lipinski definition) is 3. The van der Waals surface area contributed by atoms with Crippen molar-refractivity contribution in [3.05, 3.63) is 59.1 Å². The van der Waals surface area contributed by atoms with E-state index < -0.39 is 10.0 Å². The van der Waals surface area contributed by atoms with Crippen molar-refractivity contribution >= 4 is 33.2 Å². The van der Waals surface area contributed by atoms with Crippen LogP contribution in [0, 0.1) is 11.8 Å². The van der Waals surface area contributed by atoms with Crippen molar-refractivity contribution in [3.63, 3.8) is 0 Å². The first-order valence-electron chi connectivity index (χ1n) is 8.93. The highest BCUT2D eigenvalue weighted by Crippen LogP contribution is 2.27. The van der Waals surface area contributed by atoms with E-state index in [4.69, 9.17) is 11.6 Å². The summed E-state index contributed by atoms with van der Waals surface area (Å²) in [6.45, 7) is 5.20. The molecule has 2 aromatic carbocycles. The van der Waals surface area contributed by atoms with Crippen molar-refractivity contribution in [2.45, 2.75) is 25.2 Å². The molecule has 1 saturated heterocycles. The largest absolute Gasteiger partial charge is 0.321 e. The molecular formula is C20H23ClN2O3S. The molecule has 3 rings (SSSR count). The highest BCUT2D eigenvalue weighted by Gasteiger charge is 2.31. The molecule has 0 bridgehead atoms. The summed E-state index contributed by atoms with van der Waals surface area (Å²) in [4.78, 5) is 12.6. The maximum atomic E-state index is 12.9. The normalized spacial score (nSPS) is 21.0. The molecule has 7 heteroatoms. The molecule has 1 aliphatic heterocycles. The third kappa shape index (κ3) is 4.51. The van der Waals surface area contributed by atoms with Crippen LogP contribution in [0.1, 0.15) is 30.6 Å². The average Bonchev–Trinajstić information content (AvgIpc) is 2.63. The molecule has 1 aliphatic rings. The molecule has 144 valence electrons. The number of sulfonamides is 1. The molecule has 1 heterocycles. The van der Waals surface area contributed by atoms with E-state index in [0.717, 1.165) is 6.42 Å². The predicted octanol–water partition coefficient (Wildman–Crippen LogP) is 4.26. The smallest absolute Gasteiger partial charge is 0.255 e. The second kappa shape index (κ2) is 8.00. The summed E-state index contributed by atoms with van der Waals surface area (Å²) in [5.74, 6) is 0.334. The average molecular weight is 407 g/mol. The van der Waals surface area contributed by atoms with Gasteiger partial charge in [0, 0.05) is 18.7 Å². The number of para-hydroxylation sites is 1. The number of piperidine rings is 1. The van der Waals surface area contributed by atoms with E-state index in [2.05, 4.69) is 19.2 Å². The Bertz CT molecular complexity index is 918. The van der Waals surface area contributed by atoms with Crippen molar-refractivity contribution in [2.75, 3.05) is 18.4 Å². The Labute approximate surface area is 165 Å². The van der Waals surface area contributed by atoms with Crippen molar-refractivity contribution in [1.82, 2.24) is 4.31 Å². The Morgan fingerprint density at radius 1 is 1.04 bits per heavy atom. The van der Waals surface area contributed by atoms with Crippen LogP contribution in [-0.2, 0) is 10.0 Å². The maximum absolute atomic E-state index is 12.9. The topological polar surface area (TPSA) is 66.5 Å². The van der Waals surface area contributed by atoms with Gasteiger partial charge in [-0.3, -0.25) is 4.79 Å². The second-order valence-electron chi connectivity index (χ2n) is 7.23. The number of carbonyl (C=O) groups is 1. The monoisotopic (exact) mass is 406 g/mol. The van der Waals surface area contributed by atoms with E-state index in [-0.39, 0.29) is 10.8 Å². The number of rotatable bonds is 4. The lowest BCUT2D eigenvalue weighted by Gasteiger charge is -2.34. The predicted molar refractivity (Wildman–Crippen MR) is 108 cm³/mol. The summed E-state index contributed by atoms with van der Waals surface area (Å²) in [5, 5.41) is 3.17. The highest BCUT2D eigenvalue weighted by atomic mass is 35.5. The quantitative estimate of drug-likeness (QED) is 0.824. The Hall–Kier alpha value is -1.89. The number of hydrogen-bond donors (Lipinski definition) is 1. The summed E-state index contributed by atoms with van der Waals surface area (Å²) in [6, 6.07) is 13.0. The summed E-state index contributed by atoms with van der Waals surface area (Å²) >= 11 is 6.05. The zero-order valence-electron chi connectivity index (χ0n) is 15.4. The zero-order valence-corrected chi connectivity index (χ0v) is 16.9. The van der Waals surface area contributed by atoms with Crippen LogP contribution in [0.4, 0.5) is 5.69 Å². The van der Waals surface area contributed by atoms with E-state index in [9.17, 15) is 13.2 Å². The van der Waals surface area contributed by atoms with Crippen molar-refractivity contribution in [1.29, 1.82) is 0 Å². The summed E-state index contributed by atoms with van der Waals surface area (Å²) in [6.07, 6.45) is 1.03. The van der Waals surface area contributed by atoms with Crippen LogP contribution in [-0.4, -0.2) is 31.7 Å². The van der Waals surface area contributed by atoms with Crippen molar-refractivity contribution in [3.8, 4) is 0 Å². The first-order chi connectivity index (χ1) is 12.8. The number of anilines is 1. The minimum absolute atomic E-state index is 0.207. The van der Waals surface area contributed by atoms with Crippen LogP contribution in [0.3, 0.4) is 0 Å². The fraction of sp³-hybridized carbons (Fsp3) is 0.350. The van der Waals surface area contributed by atoms with Gasteiger partial charge in [0.25, 0.3) is 5.91 Å². The zero-order chi connectivity index (χ0) is 19.6. The fourth-order valence-electron chi connectivity index (χ4n) is 3.49. The molecule has 0 spiro atoms. The fourth-order valence-corrected chi connectivity index (χ4v) is 5.35. The van der Waals surface area contributed by atoms with Crippen LogP contribution in [0.15, 0.2) is 53.4 Å². The lowest BCUT2D eigenvalue weighted by atomic mass is 9.94. The van der Waals surface area contributed by atoms with E-state index in [1.807, 2.05) is 0 Å². The molecule has 0 aromatic heterocycles. The minimum Gasteiger partial charge on any atom is -0.321 e. The summed E-state index contributed by atoms with van der Waals surface area (Å²) in [7, 11) is -3.56. The molecule has 2 unspecified atom stereocenters.